The van der Waals surface area contributed by atoms with E-state index in [4.69, 9.17) is 4.84 Å². The molecule has 0 spiro atoms. The van der Waals surface area contributed by atoms with Gasteiger partial charge in [-0.25, -0.2) is 9.45 Å². The predicted octanol–water partition coefficient (Wildman–Crippen LogP) is 2.67. The summed E-state index contributed by atoms with van der Waals surface area (Å²) in [5.74, 6) is -0.254. The lowest BCUT2D eigenvalue weighted by Crippen LogP contribution is -2.27. The summed E-state index contributed by atoms with van der Waals surface area (Å²) in [6.45, 7) is 0. The zero-order chi connectivity index (χ0) is 13.3. The number of hydroxylamine groups is 2. The number of rotatable bonds is 4. The number of carbonyl (C=O) groups excluding carboxylic acids is 1. The van der Waals surface area contributed by atoms with Gasteiger partial charge < -0.3 is 0 Å². The monoisotopic (exact) mass is 269 g/mol. The molecular formula is C13H16FNO2S. The van der Waals surface area contributed by atoms with Gasteiger partial charge in [0.25, 0.3) is 0 Å². The molecule has 0 N–H and O–H groups in total. The maximum absolute atomic E-state index is 13.3. The summed E-state index contributed by atoms with van der Waals surface area (Å²) in [4.78, 5) is 17.8. The number of thioether (sulfide) groups is 1. The van der Waals surface area contributed by atoms with Crippen molar-refractivity contribution in [3.63, 3.8) is 0 Å². The highest BCUT2D eigenvalue weighted by Crippen LogP contribution is 2.50. The summed E-state index contributed by atoms with van der Waals surface area (Å²) in [6.07, 6.45) is 2.72. The van der Waals surface area contributed by atoms with Crippen LogP contribution in [0, 0.1) is 11.7 Å². The number of amides is 1. The van der Waals surface area contributed by atoms with Crippen molar-refractivity contribution < 1.29 is 14.0 Å². The number of benzene rings is 1. The normalized spacial score (nSPS) is 21.8. The largest absolute Gasteiger partial charge is 0.275 e. The Morgan fingerprint density at radius 3 is 2.89 bits per heavy atom. The van der Waals surface area contributed by atoms with Crippen molar-refractivity contribution in [2.45, 2.75) is 17.2 Å². The Morgan fingerprint density at radius 2 is 2.28 bits per heavy atom. The molecule has 1 aromatic rings. The molecule has 1 amide bonds. The molecule has 3 nitrogen and oxygen atoms in total. The van der Waals surface area contributed by atoms with Crippen molar-refractivity contribution in [1.82, 2.24) is 5.06 Å². The summed E-state index contributed by atoms with van der Waals surface area (Å²) < 4.78 is 13.3. The van der Waals surface area contributed by atoms with Crippen LogP contribution in [0.1, 0.15) is 17.9 Å². The van der Waals surface area contributed by atoms with E-state index in [2.05, 4.69) is 0 Å². The number of hydrogen-bond acceptors (Lipinski definition) is 3. The number of halogens is 1. The van der Waals surface area contributed by atoms with Gasteiger partial charge in [0.2, 0.25) is 5.91 Å². The molecule has 2 rings (SSSR count). The summed E-state index contributed by atoms with van der Waals surface area (Å²) in [5, 5.41) is 1.24. The van der Waals surface area contributed by atoms with Crippen LogP contribution in [0.15, 0.2) is 23.1 Å². The van der Waals surface area contributed by atoms with E-state index >= 15 is 0 Å². The number of carbonyl (C=O) groups is 1. The molecule has 0 heterocycles. The van der Waals surface area contributed by atoms with Gasteiger partial charge in [0.1, 0.15) is 5.82 Å². The van der Waals surface area contributed by atoms with Gasteiger partial charge >= 0.3 is 0 Å². The molecule has 0 bridgehead atoms. The average molecular weight is 269 g/mol. The predicted molar refractivity (Wildman–Crippen MR) is 68.8 cm³/mol. The third-order valence-corrected chi connectivity index (χ3v) is 4.09. The average Bonchev–Trinajstić information content (AvgIpc) is 3.17. The Labute approximate surface area is 110 Å². The lowest BCUT2D eigenvalue weighted by molar-refractivity contribution is -0.170. The Kier molecular flexibility index (Phi) is 3.92. The highest BCUT2D eigenvalue weighted by molar-refractivity contribution is 7.98. The fourth-order valence-electron chi connectivity index (χ4n) is 2.13. The molecule has 5 heteroatoms. The molecular weight excluding hydrogens is 253 g/mol. The molecule has 98 valence electrons. The first kappa shape index (κ1) is 13.4. The van der Waals surface area contributed by atoms with Gasteiger partial charge in [0, 0.05) is 17.9 Å². The molecule has 0 aliphatic heterocycles. The topological polar surface area (TPSA) is 29.5 Å². The van der Waals surface area contributed by atoms with E-state index in [0.717, 1.165) is 16.9 Å². The smallest absolute Gasteiger partial charge is 0.249 e. The van der Waals surface area contributed by atoms with Crippen LogP contribution in [0.5, 0.6) is 0 Å². The Bertz CT molecular complexity index is 466. The number of nitrogens with zero attached hydrogens (tertiary/aromatic N) is 1. The number of hydrogen-bond donors (Lipinski definition) is 0. The fraction of sp³-hybridized carbons (Fsp3) is 0.462. The van der Waals surface area contributed by atoms with Crippen LogP contribution >= 0.6 is 11.8 Å². The molecule has 1 saturated carbocycles. The van der Waals surface area contributed by atoms with Crippen molar-refractivity contribution in [3.8, 4) is 0 Å². The van der Waals surface area contributed by atoms with E-state index in [-0.39, 0.29) is 23.6 Å². The molecule has 1 aliphatic carbocycles. The fourth-order valence-corrected chi connectivity index (χ4v) is 2.78. The first-order valence-electron chi connectivity index (χ1n) is 5.73. The van der Waals surface area contributed by atoms with Gasteiger partial charge in [0.15, 0.2) is 0 Å². The van der Waals surface area contributed by atoms with Gasteiger partial charge in [0.05, 0.1) is 7.11 Å². The molecule has 1 aromatic carbocycles. The van der Waals surface area contributed by atoms with Crippen LogP contribution in [0.25, 0.3) is 0 Å². The van der Waals surface area contributed by atoms with Crippen LogP contribution in [0.4, 0.5) is 4.39 Å². The second-order valence-electron chi connectivity index (χ2n) is 4.35. The second-order valence-corrected chi connectivity index (χ2v) is 5.20. The van der Waals surface area contributed by atoms with Crippen molar-refractivity contribution in [2.75, 3.05) is 20.4 Å². The SMILES string of the molecule is CON(C)C(=O)C1CC1c1cc(F)ccc1SC. The third-order valence-electron chi connectivity index (χ3n) is 3.28. The zero-order valence-corrected chi connectivity index (χ0v) is 11.5. The van der Waals surface area contributed by atoms with Gasteiger partial charge in [-0.2, -0.15) is 0 Å². The summed E-state index contributed by atoms with van der Waals surface area (Å²) >= 11 is 1.58. The lowest BCUT2D eigenvalue weighted by atomic mass is 10.1. The summed E-state index contributed by atoms with van der Waals surface area (Å²) in [5.41, 5.74) is 0.936. The first-order chi connectivity index (χ1) is 8.58. The minimum atomic E-state index is -0.249. The molecule has 1 fully saturated rings. The van der Waals surface area contributed by atoms with E-state index in [1.165, 1.54) is 24.3 Å². The van der Waals surface area contributed by atoms with Crippen LogP contribution in [0.3, 0.4) is 0 Å². The van der Waals surface area contributed by atoms with Gasteiger partial charge in [-0.05, 0) is 42.4 Å². The van der Waals surface area contributed by atoms with Crippen molar-refractivity contribution >= 4 is 17.7 Å². The molecule has 2 unspecified atom stereocenters. The van der Waals surface area contributed by atoms with E-state index < -0.39 is 0 Å². The highest BCUT2D eigenvalue weighted by Gasteiger charge is 2.46. The minimum absolute atomic E-state index is 0.0428. The van der Waals surface area contributed by atoms with E-state index in [0.29, 0.717) is 0 Å². The van der Waals surface area contributed by atoms with Crippen molar-refractivity contribution in [2.24, 2.45) is 5.92 Å². The zero-order valence-electron chi connectivity index (χ0n) is 10.6. The van der Waals surface area contributed by atoms with Crippen LogP contribution in [-0.2, 0) is 9.63 Å². The van der Waals surface area contributed by atoms with Crippen molar-refractivity contribution in [1.29, 1.82) is 0 Å². The maximum Gasteiger partial charge on any atom is 0.249 e. The Balaban J connectivity index is 2.16. The molecule has 0 aromatic heterocycles. The van der Waals surface area contributed by atoms with E-state index in [1.54, 1.807) is 24.9 Å². The lowest BCUT2D eigenvalue weighted by Gasteiger charge is -2.13. The highest BCUT2D eigenvalue weighted by atomic mass is 32.2. The Morgan fingerprint density at radius 1 is 1.56 bits per heavy atom. The standard InChI is InChI=1S/C13H16FNO2S/c1-15(17-2)13(16)11-7-9(11)10-6-8(14)4-5-12(10)18-3/h4-6,9,11H,7H2,1-3H3. The minimum Gasteiger partial charge on any atom is -0.275 e. The molecule has 0 saturated heterocycles. The summed E-state index contributed by atoms with van der Waals surface area (Å²) in [7, 11) is 3.06. The third kappa shape index (κ3) is 2.52. The van der Waals surface area contributed by atoms with Crippen LogP contribution in [0.2, 0.25) is 0 Å². The molecule has 0 radical (unpaired) electrons. The molecule has 18 heavy (non-hydrogen) atoms. The van der Waals surface area contributed by atoms with Gasteiger partial charge in [-0.15, -0.1) is 11.8 Å². The van der Waals surface area contributed by atoms with Crippen molar-refractivity contribution in [3.05, 3.63) is 29.6 Å². The molecule has 2 atom stereocenters. The van der Waals surface area contributed by atoms with E-state index in [9.17, 15) is 9.18 Å². The molecule has 1 aliphatic rings. The van der Waals surface area contributed by atoms with Crippen LogP contribution in [-0.4, -0.2) is 31.4 Å². The Hall–Kier alpha value is -1.07. The van der Waals surface area contributed by atoms with E-state index in [1.807, 2.05) is 6.26 Å². The quantitative estimate of drug-likeness (QED) is 0.621. The second kappa shape index (κ2) is 5.28. The van der Waals surface area contributed by atoms with Crippen LogP contribution < -0.4 is 0 Å². The van der Waals surface area contributed by atoms with Gasteiger partial charge in [-0.3, -0.25) is 9.63 Å². The van der Waals surface area contributed by atoms with Gasteiger partial charge in [-0.1, -0.05) is 0 Å². The summed E-state index contributed by atoms with van der Waals surface area (Å²) in [6, 6.07) is 4.77. The first-order valence-corrected chi connectivity index (χ1v) is 6.96. The maximum atomic E-state index is 13.3.